The Morgan fingerprint density at radius 3 is 2.38 bits per heavy atom. The highest BCUT2D eigenvalue weighted by molar-refractivity contribution is 5.36. The van der Waals surface area contributed by atoms with E-state index in [0.29, 0.717) is 0 Å². The first-order valence-electron chi connectivity index (χ1n) is 5.48. The van der Waals surface area contributed by atoms with E-state index in [-0.39, 0.29) is 5.75 Å². The molecule has 1 aromatic carbocycles. The maximum Gasteiger partial charge on any atom is 0.151 e. The van der Waals surface area contributed by atoms with Gasteiger partial charge in [-0.25, -0.2) is 9.67 Å². The molecule has 0 saturated heterocycles. The number of rotatable bonds is 3. The van der Waals surface area contributed by atoms with Crippen LogP contribution in [0.25, 0.3) is 5.69 Å². The Kier molecular flexibility index (Phi) is 2.90. The van der Waals surface area contributed by atoms with Crippen molar-refractivity contribution in [3.8, 4) is 11.4 Å². The predicted octanol–water partition coefficient (Wildman–Crippen LogP) is 2.10. The quantitative estimate of drug-likeness (QED) is 0.856. The van der Waals surface area contributed by atoms with Gasteiger partial charge in [-0.05, 0) is 24.3 Å². The average Bonchev–Trinajstić information content (AvgIpc) is 2.73. The molecule has 1 N–H and O–H groups in total. The average molecular weight is 217 g/mol. The molecule has 4 heteroatoms. The summed E-state index contributed by atoms with van der Waals surface area (Å²) >= 11 is 0. The highest BCUT2D eigenvalue weighted by Crippen LogP contribution is 2.15. The summed E-state index contributed by atoms with van der Waals surface area (Å²) in [6, 6.07) is 6.98. The molecule has 0 aliphatic carbocycles. The van der Waals surface area contributed by atoms with Gasteiger partial charge < -0.3 is 5.11 Å². The lowest BCUT2D eigenvalue weighted by atomic mass is 10.3. The van der Waals surface area contributed by atoms with E-state index in [9.17, 15) is 5.11 Å². The molecule has 0 saturated carbocycles. The van der Waals surface area contributed by atoms with E-state index < -0.39 is 0 Å². The van der Waals surface area contributed by atoms with Crippen molar-refractivity contribution in [1.29, 1.82) is 0 Å². The van der Waals surface area contributed by atoms with Gasteiger partial charge in [0.25, 0.3) is 0 Å². The van der Waals surface area contributed by atoms with Gasteiger partial charge in [0.05, 0.1) is 5.69 Å². The zero-order chi connectivity index (χ0) is 11.5. The smallest absolute Gasteiger partial charge is 0.151 e. The van der Waals surface area contributed by atoms with E-state index in [0.717, 1.165) is 30.2 Å². The van der Waals surface area contributed by atoms with Gasteiger partial charge in [0.15, 0.2) is 5.82 Å². The van der Waals surface area contributed by atoms with E-state index in [2.05, 4.69) is 17.0 Å². The summed E-state index contributed by atoms with van der Waals surface area (Å²) in [7, 11) is 0. The van der Waals surface area contributed by atoms with Crippen LogP contribution in [0.1, 0.15) is 25.5 Å². The predicted molar refractivity (Wildman–Crippen MR) is 61.8 cm³/mol. The van der Waals surface area contributed by atoms with Gasteiger partial charge in [-0.3, -0.25) is 0 Å². The van der Waals surface area contributed by atoms with Crippen LogP contribution in [-0.2, 0) is 12.8 Å². The second-order valence-electron chi connectivity index (χ2n) is 3.58. The van der Waals surface area contributed by atoms with Crippen molar-refractivity contribution in [2.75, 3.05) is 0 Å². The fourth-order valence-corrected chi connectivity index (χ4v) is 1.57. The van der Waals surface area contributed by atoms with E-state index >= 15 is 0 Å². The summed E-state index contributed by atoms with van der Waals surface area (Å²) in [5.41, 5.74) is 0.932. The first kappa shape index (κ1) is 10.7. The Hall–Kier alpha value is -1.84. The first-order valence-corrected chi connectivity index (χ1v) is 5.48. The summed E-state index contributed by atoms with van der Waals surface area (Å²) in [4.78, 5) is 4.44. The standard InChI is InChI=1S/C12H15N3O/c1-3-11-13-12(4-2)15(14-11)9-5-7-10(16)8-6-9/h5-8,16H,3-4H2,1-2H3. The number of hydrogen-bond acceptors (Lipinski definition) is 3. The molecule has 0 unspecified atom stereocenters. The maximum atomic E-state index is 9.24. The van der Waals surface area contributed by atoms with Crippen LogP contribution in [0, 0.1) is 0 Å². The van der Waals surface area contributed by atoms with Crippen LogP contribution >= 0.6 is 0 Å². The van der Waals surface area contributed by atoms with Crippen LogP contribution < -0.4 is 0 Å². The minimum Gasteiger partial charge on any atom is -0.508 e. The molecule has 0 fully saturated rings. The molecule has 0 bridgehead atoms. The van der Waals surface area contributed by atoms with E-state index in [1.807, 2.05) is 23.7 Å². The molecule has 0 radical (unpaired) electrons. The Morgan fingerprint density at radius 1 is 1.12 bits per heavy atom. The Morgan fingerprint density at radius 2 is 1.81 bits per heavy atom. The minimum atomic E-state index is 0.262. The maximum absolute atomic E-state index is 9.24. The molecular formula is C12H15N3O. The normalized spacial score (nSPS) is 10.6. The van der Waals surface area contributed by atoms with Crippen molar-refractivity contribution < 1.29 is 5.11 Å². The summed E-state index contributed by atoms with van der Waals surface area (Å²) in [6.07, 6.45) is 1.67. The van der Waals surface area contributed by atoms with Gasteiger partial charge in [0, 0.05) is 12.8 Å². The molecule has 1 heterocycles. The zero-order valence-electron chi connectivity index (χ0n) is 9.51. The lowest BCUT2D eigenvalue weighted by molar-refractivity contribution is 0.475. The molecule has 1 aromatic heterocycles. The number of phenols is 1. The number of aromatic hydroxyl groups is 1. The van der Waals surface area contributed by atoms with Crippen molar-refractivity contribution in [2.45, 2.75) is 26.7 Å². The molecule has 2 aromatic rings. The van der Waals surface area contributed by atoms with Crippen LogP contribution in [0.15, 0.2) is 24.3 Å². The van der Waals surface area contributed by atoms with Crippen LogP contribution in [-0.4, -0.2) is 19.9 Å². The largest absolute Gasteiger partial charge is 0.508 e. The third-order valence-electron chi connectivity index (χ3n) is 2.44. The molecule has 2 rings (SSSR count). The van der Waals surface area contributed by atoms with Crippen molar-refractivity contribution in [3.05, 3.63) is 35.9 Å². The van der Waals surface area contributed by atoms with Gasteiger partial charge >= 0.3 is 0 Å². The van der Waals surface area contributed by atoms with Gasteiger partial charge in [-0.2, -0.15) is 5.10 Å². The monoisotopic (exact) mass is 217 g/mol. The van der Waals surface area contributed by atoms with Crippen molar-refractivity contribution >= 4 is 0 Å². The fraction of sp³-hybridized carbons (Fsp3) is 0.333. The lowest BCUT2D eigenvalue weighted by Gasteiger charge is -2.03. The van der Waals surface area contributed by atoms with Crippen molar-refractivity contribution in [2.24, 2.45) is 0 Å². The van der Waals surface area contributed by atoms with E-state index in [1.54, 1.807) is 12.1 Å². The minimum absolute atomic E-state index is 0.262. The summed E-state index contributed by atoms with van der Waals surface area (Å²) in [5, 5.41) is 13.7. The number of phenolic OH excluding ortho intramolecular Hbond substituents is 1. The summed E-state index contributed by atoms with van der Waals surface area (Å²) in [6.45, 7) is 4.09. The Bertz CT molecular complexity index is 474. The number of hydrogen-bond donors (Lipinski definition) is 1. The molecule has 0 atom stereocenters. The zero-order valence-corrected chi connectivity index (χ0v) is 9.51. The van der Waals surface area contributed by atoms with Crippen molar-refractivity contribution in [1.82, 2.24) is 14.8 Å². The molecule has 0 aliphatic rings. The van der Waals surface area contributed by atoms with Crippen LogP contribution in [0.5, 0.6) is 5.75 Å². The topological polar surface area (TPSA) is 50.9 Å². The highest BCUT2D eigenvalue weighted by Gasteiger charge is 2.08. The SMILES string of the molecule is CCc1nc(CC)n(-c2ccc(O)cc2)n1. The molecule has 4 nitrogen and oxygen atoms in total. The second-order valence-corrected chi connectivity index (χ2v) is 3.58. The Labute approximate surface area is 94.6 Å². The molecule has 16 heavy (non-hydrogen) atoms. The second kappa shape index (κ2) is 4.35. The molecule has 84 valence electrons. The number of aryl methyl sites for hydroxylation is 2. The Balaban J connectivity index is 2.45. The van der Waals surface area contributed by atoms with Crippen LogP contribution in [0.4, 0.5) is 0 Å². The molecule has 0 spiro atoms. The van der Waals surface area contributed by atoms with E-state index in [1.165, 1.54) is 0 Å². The summed E-state index contributed by atoms with van der Waals surface area (Å²) in [5.74, 6) is 2.06. The molecule has 0 aliphatic heterocycles. The molecular weight excluding hydrogens is 202 g/mol. The number of aromatic nitrogens is 3. The first-order chi connectivity index (χ1) is 7.74. The van der Waals surface area contributed by atoms with Gasteiger partial charge in [0.2, 0.25) is 0 Å². The van der Waals surface area contributed by atoms with Gasteiger partial charge in [0.1, 0.15) is 11.6 Å². The van der Waals surface area contributed by atoms with Crippen LogP contribution in [0.2, 0.25) is 0 Å². The van der Waals surface area contributed by atoms with E-state index in [4.69, 9.17) is 0 Å². The lowest BCUT2D eigenvalue weighted by Crippen LogP contribution is -2.01. The molecule has 0 amide bonds. The number of nitrogens with zero attached hydrogens (tertiary/aromatic N) is 3. The van der Waals surface area contributed by atoms with Crippen LogP contribution in [0.3, 0.4) is 0 Å². The third kappa shape index (κ3) is 1.91. The fourth-order valence-electron chi connectivity index (χ4n) is 1.57. The van der Waals surface area contributed by atoms with Crippen molar-refractivity contribution in [3.63, 3.8) is 0 Å². The summed E-state index contributed by atoms with van der Waals surface area (Å²) < 4.78 is 1.83. The van der Waals surface area contributed by atoms with Gasteiger partial charge in [-0.15, -0.1) is 0 Å². The third-order valence-corrected chi connectivity index (χ3v) is 2.44. The highest BCUT2D eigenvalue weighted by atomic mass is 16.3. The van der Waals surface area contributed by atoms with Gasteiger partial charge in [-0.1, -0.05) is 13.8 Å². The number of benzene rings is 1.